The van der Waals surface area contributed by atoms with E-state index in [1.165, 1.54) is 0 Å². The summed E-state index contributed by atoms with van der Waals surface area (Å²) in [6.07, 6.45) is 3.68. The molecule has 0 aromatic heterocycles. The molecule has 2 aliphatic rings. The average Bonchev–Trinajstić information content (AvgIpc) is 2.55. The van der Waals surface area contributed by atoms with Crippen LogP contribution in [0.3, 0.4) is 0 Å². The van der Waals surface area contributed by atoms with E-state index in [0.717, 1.165) is 25.7 Å². The van der Waals surface area contributed by atoms with Crippen molar-refractivity contribution in [2.24, 2.45) is 0 Å². The minimum absolute atomic E-state index is 0.0718. The predicted molar refractivity (Wildman–Crippen MR) is 79.6 cm³/mol. The van der Waals surface area contributed by atoms with Crippen LogP contribution in [0.4, 0.5) is 0 Å². The van der Waals surface area contributed by atoms with E-state index >= 15 is 0 Å². The summed E-state index contributed by atoms with van der Waals surface area (Å²) < 4.78 is 11.3. The maximum absolute atomic E-state index is 12.3. The lowest BCUT2D eigenvalue weighted by Crippen LogP contribution is -2.49. The average molecular weight is 290 g/mol. The molecule has 0 radical (unpaired) electrons. The Bertz CT molecular complexity index is 498. The third-order valence-corrected chi connectivity index (χ3v) is 4.28. The highest BCUT2D eigenvalue weighted by atomic mass is 16.6. The second kappa shape index (κ2) is 6.35. The van der Waals surface area contributed by atoms with Crippen molar-refractivity contribution in [2.75, 3.05) is 13.7 Å². The van der Waals surface area contributed by atoms with Crippen LogP contribution in [0, 0.1) is 0 Å². The second-order valence-electron chi connectivity index (χ2n) is 5.71. The number of carbonyl (C=O) groups excluding carboxylic acids is 1. The number of rotatable bonds is 3. The Morgan fingerprint density at radius 1 is 1.10 bits per heavy atom. The first-order valence-electron chi connectivity index (χ1n) is 7.62. The lowest BCUT2D eigenvalue weighted by molar-refractivity contribution is -0.131. The summed E-state index contributed by atoms with van der Waals surface area (Å²) >= 11 is 0. The number of ether oxygens (including phenoxy) is 2. The van der Waals surface area contributed by atoms with Crippen LogP contribution in [0.5, 0.6) is 11.5 Å². The molecule has 1 saturated carbocycles. The lowest BCUT2D eigenvalue weighted by Gasteiger charge is -2.31. The quantitative estimate of drug-likeness (QED) is 0.885. The van der Waals surface area contributed by atoms with Gasteiger partial charge in [-0.2, -0.15) is 0 Å². The molecule has 1 aromatic carbocycles. The van der Waals surface area contributed by atoms with Crippen molar-refractivity contribution in [1.29, 1.82) is 0 Å². The van der Waals surface area contributed by atoms with E-state index in [9.17, 15) is 4.79 Å². The van der Waals surface area contributed by atoms with Crippen molar-refractivity contribution < 1.29 is 14.3 Å². The van der Waals surface area contributed by atoms with Gasteiger partial charge in [0.05, 0.1) is 0 Å². The van der Waals surface area contributed by atoms with E-state index in [4.69, 9.17) is 9.47 Å². The maximum atomic E-state index is 12.3. The van der Waals surface area contributed by atoms with Gasteiger partial charge in [-0.05, 0) is 44.9 Å². The van der Waals surface area contributed by atoms with Crippen LogP contribution in [-0.2, 0) is 4.79 Å². The zero-order valence-electron chi connectivity index (χ0n) is 12.3. The molecule has 5 nitrogen and oxygen atoms in total. The lowest BCUT2D eigenvalue weighted by atomic mass is 9.91. The molecule has 1 fully saturated rings. The number of fused-ring (bicyclic) bond motifs is 1. The standard InChI is InChI=1S/C16H22N2O3/c1-17-11-6-8-12(9-7-11)18-16(19)15-10-20-13-4-2-3-5-14(13)21-15/h2-5,11-12,15,17H,6-10H2,1H3,(H,18,19). The molecular formula is C16H22N2O3. The van der Waals surface area contributed by atoms with Crippen LogP contribution in [0.25, 0.3) is 0 Å². The molecule has 1 unspecified atom stereocenters. The highest BCUT2D eigenvalue weighted by molar-refractivity contribution is 5.82. The summed E-state index contributed by atoms with van der Waals surface area (Å²) in [6.45, 7) is 0.273. The van der Waals surface area contributed by atoms with E-state index in [-0.39, 0.29) is 18.6 Å². The molecule has 21 heavy (non-hydrogen) atoms. The molecule has 2 N–H and O–H groups in total. The Hall–Kier alpha value is -1.75. The van der Waals surface area contributed by atoms with Crippen LogP contribution in [0.2, 0.25) is 0 Å². The highest BCUT2D eigenvalue weighted by Crippen LogP contribution is 2.31. The van der Waals surface area contributed by atoms with Gasteiger partial charge in [0.15, 0.2) is 11.5 Å². The van der Waals surface area contributed by atoms with Crippen LogP contribution in [-0.4, -0.2) is 37.7 Å². The van der Waals surface area contributed by atoms with Crippen LogP contribution in [0.1, 0.15) is 25.7 Å². The number of hydrogen-bond acceptors (Lipinski definition) is 4. The Morgan fingerprint density at radius 3 is 2.48 bits per heavy atom. The minimum Gasteiger partial charge on any atom is -0.485 e. The molecule has 0 bridgehead atoms. The summed E-state index contributed by atoms with van der Waals surface area (Å²) in [6, 6.07) is 8.28. The van der Waals surface area contributed by atoms with Crippen molar-refractivity contribution in [3.05, 3.63) is 24.3 Å². The Labute approximate surface area is 125 Å². The number of carbonyl (C=O) groups is 1. The van der Waals surface area contributed by atoms with Gasteiger partial charge in [-0.1, -0.05) is 12.1 Å². The van der Waals surface area contributed by atoms with Gasteiger partial charge in [-0.3, -0.25) is 4.79 Å². The fraction of sp³-hybridized carbons (Fsp3) is 0.562. The van der Waals surface area contributed by atoms with E-state index in [1.807, 2.05) is 31.3 Å². The number of benzene rings is 1. The van der Waals surface area contributed by atoms with Crippen molar-refractivity contribution in [2.45, 2.75) is 43.9 Å². The van der Waals surface area contributed by atoms with E-state index in [2.05, 4.69) is 10.6 Å². The van der Waals surface area contributed by atoms with Crippen LogP contribution < -0.4 is 20.1 Å². The monoisotopic (exact) mass is 290 g/mol. The summed E-state index contributed by atoms with van der Waals surface area (Å²) in [7, 11) is 1.99. The van der Waals surface area contributed by atoms with Crippen molar-refractivity contribution in [3.8, 4) is 11.5 Å². The normalized spacial score (nSPS) is 28.0. The number of para-hydroxylation sites is 2. The van der Waals surface area contributed by atoms with Gasteiger partial charge >= 0.3 is 0 Å². The smallest absolute Gasteiger partial charge is 0.264 e. The maximum Gasteiger partial charge on any atom is 0.264 e. The molecule has 1 aliphatic carbocycles. The number of hydrogen-bond donors (Lipinski definition) is 2. The molecular weight excluding hydrogens is 268 g/mol. The van der Waals surface area contributed by atoms with Gasteiger partial charge in [0.1, 0.15) is 6.61 Å². The Kier molecular flexibility index (Phi) is 4.29. The zero-order chi connectivity index (χ0) is 14.7. The predicted octanol–water partition coefficient (Wildman–Crippen LogP) is 1.47. The molecule has 114 valence electrons. The Balaban J connectivity index is 1.53. The largest absolute Gasteiger partial charge is 0.485 e. The topological polar surface area (TPSA) is 59.6 Å². The van der Waals surface area contributed by atoms with Gasteiger partial charge in [0, 0.05) is 12.1 Å². The number of nitrogens with one attached hydrogen (secondary N) is 2. The van der Waals surface area contributed by atoms with Crippen molar-refractivity contribution in [3.63, 3.8) is 0 Å². The first kappa shape index (κ1) is 14.2. The fourth-order valence-electron chi connectivity index (χ4n) is 2.97. The summed E-state index contributed by atoms with van der Waals surface area (Å²) in [5, 5.41) is 6.39. The zero-order valence-corrected chi connectivity index (χ0v) is 12.3. The first-order chi connectivity index (χ1) is 10.3. The molecule has 5 heteroatoms. The third-order valence-electron chi connectivity index (χ3n) is 4.28. The van der Waals surface area contributed by atoms with Crippen LogP contribution >= 0.6 is 0 Å². The van der Waals surface area contributed by atoms with E-state index < -0.39 is 6.10 Å². The third kappa shape index (κ3) is 3.29. The van der Waals surface area contributed by atoms with Gasteiger partial charge < -0.3 is 20.1 Å². The molecule has 1 atom stereocenters. The van der Waals surface area contributed by atoms with Gasteiger partial charge in [0.25, 0.3) is 5.91 Å². The van der Waals surface area contributed by atoms with E-state index in [1.54, 1.807) is 0 Å². The molecule has 0 saturated heterocycles. The summed E-state index contributed by atoms with van der Waals surface area (Å²) in [5.41, 5.74) is 0. The number of amides is 1. The SMILES string of the molecule is CNC1CCC(NC(=O)C2COc3ccccc3O2)CC1. The van der Waals surface area contributed by atoms with Crippen molar-refractivity contribution in [1.82, 2.24) is 10.6 Å². The molecule has 1 heterocycles. The molecule has 3 rings (SSSR count). The van der Waals surface area contributed by atoms with Gasteiger partial charge in [-0.25, -0.2) is 0 Å². The van der Waals surface area contributed by atoms with E-state index in [0.29, 0.717) is 17.5 Å². The van der Waals surface area contributed by atoms with Gasteiger partial charge in [-0.15, -0.1) is 0 Å². The molecule has 0 spiro atoms. The van der Waals surface area contributed by atoms with Crippen LogP contribution in [0.15, 0.2) is 24.3 Å². The fourth-order valence-corrected chi connectivity index (χ4v) is 2.97. The summed E-state index contributed by atoms with van der Waals surface area (Å²) in [5.74, 6) is 1.27. The van der Waals surface area contributed by atoms with Crippen molar-refractivity contribution >= 4 is 5.91 Å². The Morgan fingerprint density at radius 2 is 1.76 bits per heavy atom. The molecule has 1 amide bonds. The highest BCUT2D eigenvalue weighted by Gasteiger charge is 2.30. The minimum atomic E-state index is -0.554. The van der Waals surface area contributed by atoms with Gasteiger partial charge in [0.2, 0.25) is 6.10 Å². The second-order valence-corrected chi connectivity index (χ2v) is 5.71. The molecule has 1 aromatic rings. The first-order valence-corrected chi connectivity index (χ1v) is 7.62. The summed E-state index contributed by atoms with van der Waals surface area (Å²) in [4.78, 5) is 12.3. The molecule has 1 aliphatic heterocycles.